The van der Waals surface area contributed by atoms with Gasteiger partial charge in [0, 0.05) is 0 Å². The zero-order valence-electron chi connectivity index (χ0n) is 9.51. The Morgan fingerprint density at radius 2 is 1.94 bits per heavy atom. The number of rotatable bonds is 4. The molecule has 0 saturated carbocycles. The molecule has 0 aliphatic heterocycles. The van der Waals surface area contributed by atoms with E-state index < -0.39 is 12.1 Å². The first-order valence-electron chi connectivity index (χ1n) is 5.19. The van der Waals surface area contributed by atoms with Crippen LogP contribution in [0.1, 0.15) is 12.5 Å². The summed E-state index contributed by atoms with van der Waals surface area (Å²) in [5, 5.41) is 0. The lowest BCUT2D eigenvalue weighted by Crippen LogP contribution is -2.75. The molecule has 1 rings (SSSR count). The minimum atomic E-state index is -0.693. The van der Waals surface area contributed by atoms with E-state index >= 15 is 0 Å². The van der Waals surface area contributed by atoms with Gasteiger partial charge in [-0.25, -0.2) is 4.79 Å². The van der Waals surface area contributed by atoms with Gasteiger partial charge in [0.05, 0.1) is 6.61 Å². The minimum Gasteiger partial charge on any atom is -0.459 e. The zero-order chi connectivity index (χ0) is 12.5. The third kappa shape index (κ3) is 5.46. The number of nitrogens with one attached hydrogen (secondary N) is 1. The van der Waals surface area contributed by atoms with E-state index in [1.165, 1.54) is 0 Å². The number of carbonyl (C=O) groups excluding carboxylic acids is 2. The fourth-order valence-electron chi connectivity index (χ4n) is 1.07. The highest BCUT2D eigenvalue weighted by molar-refractivity contribution is 6.21. The average molecular weight is 236 g/mol. The molecule has 0 bridgehead atoms. The maximum Gasteiger partial charge on any atom is 0.595 e. The summed E-state index contributed by atoms with van der Waals surface area (Å²) in [5.41, 5.74) is 0.874. The van der Waals surface area contributed by atoms with Crippen LogP contribution in [0.4, 0.5) is 4.79 Å². The second-order valence-electron chi connectivity index (χ2n) is 3.10. The maximum atomic E-state index is 11.2. The van der Waals surface area contributed by atoms with Gasteiger partial charge in [-0.2, -0.15) is 4.79 Å². The van der Waals surface area contributed by atoms with Crippen LogP contribution in [-0.4, -0.2) is 24.9 Å². The summed E-state index contributed by atoms with van der Waals surface area (Å²) >= 11 is 0. The summed E-state index contributed by atoms with van der Waals surface area (Å²) in [4.78, 5) is 24.2. The van der Waals surface area contributed by atoms with Crippen LogP contribution in [0.5, 0.6) is 0 Å². The molecule has 0 fully saturated rings. The fraction of sp³-hybridized carbons (Fsp3) is 0.250. The number of ether oxygens (including phenoxy) is 2. The Bertz CT molecular complexity index is 400. The molecule has 0 radical (unpaired) electrons. The van der Waals surface area contributed by atoms with Crippen LogP contribution in [0.15, 0.2) is 30.3 Å². The molecule has 0 atom stereocenters. The summed E-state index contributed by atoms with van der Waals surface area (Å²) < 4.78 is 9.46. The molecule has 0 unspecified atom stereocenters. The zero-order valence-corrected chi connectivity index (χ0v) is 9.51. The van der Waals surface area contributed by atoms with Gasteiger partial charge in [-0.05, 0) is 12.5 Å². The molecule has 5 heteroatoms. The molecule has 0 aliphatic carbocycles. The van der Waals surface area contributed by atoms with Crippen molar-refractivity contribution < 1.29 is 24.1 Å². The van der Waals surface area contributed by atoms with Crippen LogP contribution in [0.25, 0.3) is 0 Å². The number of carbonyl (C=O) groups is 2. The highest BCUT2D eigenvalue weighted by Gasteiger charge is 2.09. The van der Waals surface area contributed by atoms with Crippen LogP contribution >= 0.6 is 0 Å². The molecule has 0 saturated heterocycles. The van der Waals surface area contributed by atoms with Crippen LogP contribution < -0.4 is 4.99 Å². The Morgan fingerprint density at radius 3 is 2.59 bits per heavy atom. The largest absolute Gasteiger partial charge is 0.595 e. The number of benzene rings is 1. The van der Waals surface area contributed by atoms with Gasteiger partial charge in [0.2, 0.25) is 0 Å². The highest BCUT2D eigenvalue weighted by atomic mass is 16.5. The second-order valence-corrected chi connectivity index (χ2v) is 3.10. The van der Waals surface area contributed by atoms with Crippen LogP contribution in [0.3, 0.4) is 0 Å². The lowest BCUT2D eigenvalue weighted by Gasteiger charge is -1.97. The molecule has 1 amide bonds. The molecule has 0 aliphatic rings. The monoisotopic (exact) mass is 236 g/mol. The standard InChI is InChI=1S/C12H13NO4/c1-2-16-11(14)8-13-12(15)17-9-10-6-4-3-5-7-10/h3-8H,2,9H2,1H3/p+1/b13-8+. The van der Waals surface area contributed by atoms with E-state index in [2.05, 4.69) is 9.73 Å². The maximum absolute atomic E-state index is 11.2. The van der Waals surface area contributed by atoms with E-state index in [0.29, 0.717) is 0 Å². The Kier molecular flexibility index (Phi) is 5.43. The molecule has 90 valence electrons. The molecular weight excluding hydrogens is 222 g/mol. The van der Waals surface area contributed by atoms with Crippen molar-refractivity contribution in [2.45, 2.75) is 13.5 Å². The van der Waals surface area contributed by atoms with Gasteiger partial charge in [0.1, 0.15) is 6.61 Å². The fourth-order valence-corrected chi connectivity index (χ4v) is 1.07. The van der Waals surface area contributed by atoms with E-state index in [-0.39, 0.29) is 13.2 Å². The van der Waals surface area contributed by atoms with Crippen LogP contribution in [0.2, 0.25) is 0 Å². The molecular formula is C12H14NO4+. The van der Waals surface area contributed by atoms with Crippen LogP contribution in [0, 0.1) is 0 Å². The lowest BCUT2D eigenvalue weighted by molar-refractivity contribution is -0.364. The normalized spacial score (nSPS) is 10.2. The summed E-state index contributed by atoms with van der Waals surface area (Å²) in [6.07, 6.45) is 0.235. The van der Waals surface area contributed by atoms with E-state index in [1.54, 1.807) is 6.92 Å². The van der Waals surface area contributed by atoms with Gasteiger partial charge in [-0.3, -0.25) is 0 Å². The molecule has 1 aromatic carbocycles. The van der Waals surface area contributed by atoms with Crippen molar-refractivity contribution in [2.75, 3.05) is 6.61 Å². The molecule has 1 aromatic rings. The first-order valence-corrected chi connectivity index (χ1v) is 5.19. The third-order valence-corrected chi connectivity index (χ3v) is 1.81. The van der Waals surface area contributed by atoms with E-state index in [4.69, 9.17) is 4.74 Å². The van der Waals surface area contributed by atoms with Gasteiger partial charge < -0.3 is 9.47 Å². The van der Waals surface area contributed by atoms with Gasteiger partial charge >= 0.3 is 12.1 Å². The summed E-state index contributed by atoms with van der Waals surface area (Å²) in [6, 6.07) is 9.24. The Balaban J connectivity index is 2.33. The predicted molar refractivity (Wildman–Crippen MR) is 60.3 cm³/mol. The van der Waals surface area contributed by atoms with E-state index in [9.17, 15) is 9.59 Å². The first kappa shape index (κ1) is 12.9. The SMILES string of the molecule is CCOC(=O)/C=[NH+]/C(=O)OCc1ccccc1. The topological polar surface area (TPSA) is 66.6 Å². The van der Waals surface area contributed by atoms with Gasteiger partial charge in [0.25, 0.3) is 6.21 Å². The Labute approximate surface area is 99.1 Å². The smallest absolute Gasteiger partial charge is 0.459 e. The van der Waals surface area contributed by atoms with Gasteiger partial charge in [-0.15, -0.1) is 4.99 Å². The molecule has 17 heavy (non-hydrogen) atoms. The number of hydrogen-bond donors (Lipinski definition) is 1. The van der Waals surface area contributed by atoms with E-state index in [1.807, 2.05) is 30.3 Å². The molecule has 0 heterocycles. The highest BCUT2D eigenvalue weighted by Crippen LogP contribution is 1.99. The van der Waals surface area contributed by atoms with E-state index in [0.717, 1.165) is 11.8 Å². The van der Waals surface area contributed by atoms with Crippen molar-refractivity contribution in [3.63, 3.8) is 0 Å². The van der Waals surface area contributed by atoms with Crippen molar-refractivity contribution in [2.24, 2.45) is 0 Å². The van der Waals surface area contributed by atoms with Crippen molar-refractivity contribution >= 4 is 18.3 Å². The van der Waals surface area contributed by atoms with Crippen LogP contribution in [-0.2, 0) is 20.9 Å². The first-order chi connectivity index (χ1) is 8.22. The molecule has 0 spiro atoms. The van der Waals surface area contributed by atoms with Crippen molar-refractivity contribution in [3.8, 4) is 0 Å². The van der Waals surface area contributed by atoms with Crippen molar-refractivity contribution in [1.82, 2.24) is 0 Å². The molecule has 0 aromatic heterocycles. The number of hydrogen-bond acceptors (Lipinski definition) is 4. The molecule has 5 nitrogen and oxygen atoms in total. The van der Waals surface area contributed by atoms with Gasteiger partial charge in [-0.1, -0.05) is 30.3 Å². The van der Waals surface area contributed by atoms with Gasteiger partial charge in [0.15, 0.2) is 0 Å². The second kappa shape index (κ2) is 7.16. The quantitative estimate of drug-likeness (QED) is 0.592. The number of amides is 1. The number of esters is 1. The average Bonchev–Trinajstić information content (AvgIpc) is 2.35. The minimum absolute atomic E-state index is 0.156. The van der Waals surface area contributed by atoms with Crippen molar-refractivity contribution in [1.29, 1.82) is 0 Å². The lowest BCUT2D eigenvalue weighted by atomic mass is 10.2. The Hall–Kier alpha value is -2.17. The third-order valence-electron chi connectivity index (χ3n) is 1.81. The Morgan fingerprint density at radius 1 is 1.24 bits per heavy atom. The van der Waals surface area contributed by atoms with Crippen molar-refractivity contribution in [3.05, 3.63) is 35.9 Å². The molecule has 1 N–H and O–H groups in total. The summed E-state index contributed by atoms with van der Waals surface area (Å²) in [5.74, 6) is -0.607. The predicted octanol–water partition coefficient (Wildman–Crippen LogP) is 0.0377. The summed E-state index contributed by atoms with van der Waals surface area (Å²) in [7, 11) is 0. The summed E-state index contributed by atoms with van der Waals surface area (Å²) in [6.45, 7) is 2.10.